The molecule has 1 rings (SSSR count). The van der Waals surface area contributed by atoms with Gasteiger partial charge in [-0.25, -0.2) is 0 Å². The van der Waals surface area contributed by atoms with Gasteiger partial charge in [-0.05, 0) is 24.1 Å². The van der Waals surface area contributed by atoms with E-state index in [0.29, 0.717) is 12.1 Å². The SMILES string of the molecule is CN(CCc1ccc(C#N)cc1)C(=O)CCl. The van der Waals surface area contributed by atoms with Crippen LogP contribution in [0.5, 0.6) is 0 Å². The summed E-state index contributed by atoms with van der Waals surface area (Å²) in [5.74, 6) is -0.0561. The summed E-state index contributed by atoms with van der Waals surface area (Å²) in [6.45, 7) is 0.636. The monoisotopic (exact) mass is 236 g/mol. The van der Waals surface area contributed by atoms with E-state index in [1.807, 2.05) is 12.1 Å². The largest absolute Gasteiger partial charge is 0.344 e. The van der Waals surface area contributed by atoms with Gasteiger partial charge in [0, 0.05) is 13.6 Å². The van der Waals surface area contributed by atoms with E-state index < -0.39 is 0 Å². The Balaban J connectivity index is 2.49. The van der Waals surface area contributed by atoms with Crippen LogP contribution < -0.4 is 0 Å². The van der Waals surface area contributed by atoms with Crippen molar-refractivity contribution in [1.29, 1.82) is 5.26 Å². The van der Waals surface area contributed by atoms with Gasteiger partial charge in [0.05, 0.1) is 11.6 Å². The van der Waals surface area contributed by atoms with Crippen molar-refractivity contribution in [2.75, 3.05) is 19.5 Å². The van der Waals surface area contributed by atoms with Gasteiger partial charge in [0.25, 0.3) is 0 Å². The van der Waals surface area contributed by atoms with Crippen LogP contribution in [0.25, 0.3) is 0 Å². The number of likely N-dealkylation sites (N-methyl/N-ethyl adjacent to an activating group) is 1. The molecule has 1 aromatic carbocycles. The summed E-state index contributed by atoms with van der Waals surface area (Å²) < 4.78 is 0. The van der Waals surface area contributed by atoms with Crippen molar-refractivity contribution in [3.8, 4) is 6.07 Å². The molecule has 0 saturated carbocycles. The van der Waals surface area contributed by atoms with E-state index in [2.05, 4.69) is 6.07 Å². The van der Waals surface area contributed by atoms with E-state index in [-0.39, 0.29) is 11.8 Å². The predicted octanol–water partition coefficient (Wildman–Crippen LogP) is 1.80. The first-order chi connectivity index (χ1) is 7.67. The number of rotatable bonds is 4. The van der Waals surface area contributed by atoms with Crippen molar-refractivity contribution < 1.29 is 4.79 Å². The van der Waals surface area contributed by atoms with E-state index in [4.69, 9.17) is 16.9 Å². The summed E-state index contributed by atoms with van der Waals surface area (Å²) >= 11 is 5.44. The first-order valence-electron chi connectivity index (χ1n) is 4.96. The summed E-state index contributed by atoms with van der Waals surface area (Å²) in [6, 6.07) is 9.42. The number of hydrogen-bond acceptors (Lipinski definition) is 2. The van der Waals surface area contributed by atoms with Crippen molar-refractivity contribution in [2.45, 2.75) is 6.42 Å². The molecule has 0 unspecified atom stereocenters. The minimum atomic E-state index is -0.0738. The smallest absolute Gasteiger partial charge is 0.237 e. The zero-order valence-electron chi connectivity index (χ0n) is 9.11. The maximum absolute atomic E-state index is 11.2. The molecule has 84 valence electrons. The molecular weight excluding hydrogens is 224 g/mol. The Kier molecular flexibility index (Phi) is 4.81. The van der Waals surface area contributed by atoms with E-state index in [0.717, 1.165) is 12.0 Å². The van der Waals surface area contributed by atoms with Crippen molar-refractivity contribution in [3.63, 3.8) is 0 Å². The molecular formula is C12H13ClN2O. The third-order valence-electron chi connectivity index (χ3n) is 2.36. The lowest BCUT2D eigenvalue weighted by Gasteiger charge is -2.15. The number of benzene rings is 1. The van der Waals surface area contributed by atoms with Crippen LogP contribution >= 0.6 is 11.6 Å². The molecule has 0 aliphatic rings. The second-order valence-electron chi connectivity index (χ2n) is 3.51. The van der Waals surface area contributed by atoms with E-state index in [1.54, 1.807) is 24.1 Å². The van der Waals surface area contributed by atoms with Crippen LogP contribution in [-0.4, -0.2) is 30.3 Å². The van der Waals surface area contributed by atoms with Gasteiger partial charge in [0.2, 0.25) is 5.91 Å². The van der Waals surface area contributed by atoms with Crippen molar-refractivity contribution in [2.24, 2.45) is 0 Å². The highest BCUT2D eigenvalue weighted by Gasteiger charge is 2.06. The van der Waals surface area contributed by atoms with Crippen LogP contribution in [-0.2, 0) is 11.2 Å². The molecule has 0 heterocycles. The molecule has 0 saturated heterocycles. The van der Waals surface area contributed by atoms with E-state index in [1.165, 1.54) is 0 Å². The molecule has 0 fully saturated rings. The number of hydrogen-bond donors (Lipinski definition) is 0. The summed E-state index contributed by atoms with van der Waals surface area (Å²) in [6.07, 6.45) is 0.769. The zero-order chi connectivity index (χ0) is 12.0. The average Bonchev–Trinajstić information content (AvgIpc) is 2.35. The molecule has 1 amide bonds. The molecule has 0 atom stereocenters. The summed E-state index contributed by atoms with van der Waals surface area (Å²) in [4.78, 5) is 12.8. The van der Waals surface area contributed by atoms with Gasteiger partial charge in [-0.2, -0.15) is 5.26 Å². The van der Waals surface area contributed by atoms with Crippen LogP contribution in [0.3, 0.4) is 0 Å². The lowest BCUT2D eigenvalue weighted by Crippen LogP contribution is -2.29. The first kappa shape index (κ1) is 12.5. The average molecular weight is 237 g/mol. The molecule has 16 heavy (non-hydrogen) atoms. The second kappa shape index (κ2) is 6.14. The van der Waals surface area contributed by atoms with Gasteiger partial charge < -0.3 is 4.90 Å². The molecule has 0 radical (unpaired) electrons. The van der Waals surface area contributed by atoms with E-state index in [9.17, 15) is 4.79 Å². The minimum Gasteiger partial charge on any atom is -0.344 e. The normalized spacial score (nSPS) is 9.56. The highest BCUT2D eigenvalue weighted by atomic mass is 35.5. The number of halogens is 1. The van der Waals surface area contributed by atoms with Gasteiger partial charge in [-0.15, -0.1) is 11.6 Å². The molecule has 3 nitrogen and oxygen atoms in total. The Hall–Kier alpha value is -1.53. The third kappa shape index (κ3) is 3.56. The molecule has 0 N–H and O–H groups in total. The minimum absolute atomic E-state index is 0.0177. The van der Waals surface area contributed by atoms with Crippen molar-refractivity contribution in [1.82, 2.24) is 4.90 Å². The molecule has 0 spiro atoms. The van der Waals surface area contributed by atoms with Gasteiger partial charge in [-0.3, -0.25) is 4.79 Å². The fourth-order valence-corrected chi connectivity index (χ4v) is 1.47. The van der Waals surface area contributed by atoms with Crippen LogP contribution in [0.4, 0.5) is 0 Å². The quantitative estimate of drug-likeness (QED) is 0.749. The number of amides is 1. The number of alkyl halides is 1. The molecule has 0 aliphatic carbocycles. The summed E-state index contributed by atoms with van der Waals surface area (Å²) in [5.41, 5.74) is 1.75. The Morgan fingerprint density at radius 3 is 2.56 bits per heavy atom. The van der Waals surface area contributed by atoms with Crippen LogP contribution in [0.1, 0.15) is 11.1 Å². The maximum atomic E-state index is 11.2. The molecule has 4 heteroatoms. The standard InChI is InChI=1S/C12H13ClN2O/c1-15(12(16)8-13)7-6-10-2-4-11(9-14)5-3-10/h2-5H,6-8H2,1H3. The van der Waals surface area contributed by atoms with Crippen molar-refractivity contribution >= 4 is 17.5 Å². The second-order valence-corrected chi connectivity index (χ2v) is 3.77. The molecule has 0 bridgehead atoms. The summed E-state index contributed by atoms with van der Waals surface area (Å²) in [7, 11) is 1.73. The highest BCUT2D eigenvalue weighted by Crippen LogP contribution is 2.04. The lowest BCUT2D eigenvalue weighted by molar-refractivity contribution is -0.127. The maximum Gasteiger partial charge on any atom is 0.237 e. The Morgan fingerprint density at radius 2 is 2.06 bits per heavy atom. The molecule has 0 aromatic heterocycles. The Labute approximate surface area is 100 Å². The Morgan fingerprint density at radius 1 is 1.44 bits per heavy atom. The third-order valence-corrected chi connectivity index (χ3v) is 2.59. The highest BCUT2D eigenvalue weighted by molar-refractivity contribution is 6.27. The van der Waals surface area contributed by atoms with Gasteiger partial charge in [0.1, 0.15) is 5.88 Å². The van der Waals surface area contributed by atoms with Crippen LogP contribution in [0.15, 0.2) is 24.3 Å². The van der Waals surface area contributed by atoms with Crippen molar-refractivity contribution in [3.05, 3.63) is 35.4 Å². The number of nitrogens with zero attached hydrogens (tertiary/aromatic N) is 2. The summed E-state index contributed by atoms with van der Waals surface area (Å²) in [5, 5.41) is 8.63. The first-order valence-corrected chi connectivity index (χ1v) is 5.50. The number of carbonyl (C=O) groups is 1. The zero-order valence-corrected chi connectivity index (χ0v) is 9.87. The molecule has 0 aliphatic heterocycles. The number of carbonyl (C=O) groups excluding carboxylic acids is 1. The van der Waals surface area contributed by atoms with Gasteiger partial charge >= 0.3 is 0 Å². The topological polar surface area (TPSA) is 44.1 Å². The van der Waals surface area contributed by atoms with Gasteiger partial charge in [0.15, 0.2) is 0 Å². The van der Waals surface area contributed by atoms with Crippen LogP contribution in [0, 0.1) is 11.3 Å². The van der Waals surface area contributed by atoms with Gasteiger partial charge in [-0.1, -0.05) is 12.1 Å². The predicted molar refractivity (Wildman–Crippen MR) is 63.2 cm³/mol. The fourth-order valence-electron chi connectivity index (χ4n) is 1.27. The number of nitriles is 1. The van der Waals surface area contributed by atoms with Crippen LogP contribution in [0.2, 0.25) is 0 Å². The van der Waals surface area contributed by atoms with E-state index >= 15 is 0 Å². The molecule has 1 aromatic rings. The lowest BCUT2D eigenvalue weighted by atomic mass is 10.1. The Bertz CT molecular complexity index is 394. The fraction of sp³-hybridized carbons (Fsp3) is 0.333.